The third-order valence-electron chi connectivity index (χ3n) is 2.52. The minimum absolute atomic E-state index is 0.149. The van der Waals surface area contributed by atoms with Crippen LogP contribution >= 0.6 is 34.2 Å². The molecule has 6 heteroatoms. The lowest BCUT2D eigenvalue weighted by atomic mass is 10.2. The predicted octanol–water partition coefficient (Wildman–Crippen LogP) is 3.33. The van der Waals surface area contributed by atoms with Crippen molar-refractivity contribution in [3.05, 3.63) is 29.4 Å². The van der Waals surface area contributed by atoms with Gasteiger partial charge in [-0.15, -0.1) is 0 Å². The topological polar surface area (TPSA) is 51.1 Å². The van der Waals surface area contributed by atoms with Crippen LogP contribution in [0.4, 0.5) is 5.69 Å². The Kier molecular flexibility index (Phi) is 3.91. The average molecular weight is 377 g/mol. The van der Waals surface area contributed by atoms with Crippen molar-refractivity contribution in [3.8, 4) is 0 Å². The van der Waals surface area contributed by atoms with E-state index in [0.29, 0.717) is 15.6 Å². The summed E-state index contributed by atoms with van der Waals surface area (Å²) < 4.78 is 1.72. The maximum atomic E-state index is 11.6. The van der Waals surface area contributed by atoms with Gasteiger partial charge in [0, 0.05) is 12.3 Å². The predicted molar refractivity (Wildman–Crippen MR) is 80.8 cm³/mol. The molecule has 0 saturated heterocycles. The Morgan fingerprint density at radius 2 is 2.06 bits per heavy atom. The van der Waals surface area contributed by atoms with Crippen molar-refractivity contribution in [2.45, 2.75) is 6.92 Å². The summed E-state index contributed by atoms with van der Waals surface area (Å²) in [5.41, 5.74) is 1.18. The number of nitrogens with one attached hydrogen (secondary N) is 1. The number of amides is 1. The van der Waals surface area contributed by atoms with E-state index in [4.69, 9.17) is 11.6 Å². The third kappa shape index (κ3) is 2.24. The van der Waals surface area contributed by atoms with Crippen LogP contribution in [0.5, 0.6) is 0 Å². The summed E-state index contributed by atoms with van der Waals surface area (Å²) in [7, 11) is 0. The molecule has 2 aromatic rings. The number of aromatic nitrogens is 1. The van der Waals surface area contributed by atoms with Gasteiger partial charge in [-0.25, -0.2) is 0 Å². The number of alkyl halides is 1. The van der Waals surface area contributed by atoms with Gasteiger partial charge in [-0.1, -0.05) is 52.4 Å². The van der Waals surface area contributed by atoms with Gasteiger partial charge in [0.1, 0.15) is 5.15 Å². The summed E-state index contributed by atoms with van der Waals surface area (Å²) >= 11 is 8.14. The van der Waals surface area contributed by atoms with Crippen LogP contribution in [0.15, 0.2) is 24.3 Å². The van der Waals surface area contributed by atoms with Gasteiger partial charge in [0.25, 0.3) is 0 Å². The Bertz CT molecular complexity index is 636. The van der Waals surface area contributed by atoms with E-state index in [1.54, 1.807) is 6.07 Å². The molecule has 0 saturated carbocycles. The number of rotatable bonds is 2. The average Bonchev–Trinajstić information content (AvgIpc) is 2.62. The van der Waals surface area contributed by atoms with E-state index < -0.39 is 0 Å². The van der Waals surface area contributed by atoms with Crippen LogP contribution in [0.3, 0.4) is 0 Å². The lowest BCUT2D eigenvalue weighted by Gasteiger charge is -2.02. The highest BCUT2D eigenvalue weighted by molar-refractivity contribution is 14.1. The zero-order valence-corrected chi connectivity index (χ0v) is 12.4. The Morgan fingerprint density at radius 1 is 1.39 bits per heavy atom. The number of para-hydroxylation sites is 1. The van der Waals surface area contributed by atoms with Gasteiger partial charge in [-0.3, -0.25) is 14.2 Å². The Balaban J connectivity index is 2.69. The van der Waals surface area contributed by atoms with Crippen LogP contribution in [0, 0.1) is 0 Å². The number of hydrogen-bond acceptors (Lipinski definition) is 2. The molecule has 1 N–H and O–H groups in total. The van der Waals surface area contributed by atoms with Crippen LogP contribution in [0.25, 0.3) is 10.9 Å². The van der Waals surface area contributed by atoms with Gasteiger partial charge in [-0.05, 0) is 6.07 Å². The van der Waals surface area contributed by atoms with Crippen LogP contribution < -0.4 is 5.32 Å². The molecule has 0 aliphatic carbocycles. The smallest absolute Gasteiger partial charge is 0.234 e. The monoisotopic (exact) mass is 376 g/mol. The number of carbonyl (C=O) groups excluding carboxylic acids is 2. The molecule has 0 radical (unpaired) electrons. The number of halogens is 2. The molecule has 1 aromatic carbocycles. The van der Waals surface area contributed by atoms with Crippen molar-refractivity contribution >= 4 is 62.6 Å². The number of carbonyl (C=O) groups is 2. The fraction of sp³-hybridized carbons (Fsp3) is 0.167. The highest BCUT2D eigenvalue weighted by Gasteiger charge is 2.18. The molecule has 0 atom stereocenters. The molecule has 1 heterocycles. The number of benzene rings is 1. The van der Waals surface area contributed by atoms with Crippen molar-refractivity contribution < 1.29 is 9.59 Å². The highest BCUT2D eigenvalue weighted by atomic mass is 127. The van der Waals surface area contributed by atoms with E-state index in [2.05, 4.69) is 5.32 Å². The fourth-order valence-corrected chi connectivity index (χ4v) is 2.36. The molecule has 0 fully saturated rings. The molecule has 2 rings (SSSR count). The van der Waals surface area contributed by atoms with Crippen molar-refractivity contribution in [3.63, 3.8) is 0 Å². The lowest BCUT2D eigenvalue weighted by molar-refractivity contribution is -0.113. The van der Waals surface area contributed by atoms with Crippen LogP contribution in [0.1, 0.15) is 11.7 Å². The zero-order valence-electron chi connectivity index (χ0n) is 9.54. The van der Waals surface area contributed by atoms with Gasteiger partial charge in [-0.2, -0.15) is 0 Å². The largest absolute Gasteiger partial charge is 0.322 e. The maximum absolute atomic E-state index is 11.6. The van der Waals surface area contributed by atoms with Gasteiger partial charge in [0.05, 0.1) is 15.6 Å². The van der Waals surface area contributed by atoms with Gasteiger partial charge >= 0.3 is 0 Å². The minimum atomic E-state index is -0.189. The van der Waals surface area contributed by atoms with Crippen LogP contribution in [0.2, 0.25) is 5.15 Å². The van der Waals surface area contributed by atoms with Crippen molar-refractivity contribution in [2.75, 3.05) is 9.74 Å². The first-order chi connectivity index (χ1) is 8.56. The lowest BCUT2D eigenvalue weighted by Crippen LogP contribution is -2.13. The van der Waals surface area contributed by atoms with E-state index in [1.165, 1.54) is 11.5 Å². The number of anilines is 1. The molecule has 94 valence electrons. The molecule has 0 aliphatic rings. The van der Waals surface area contributed by atoms with Crippen molar-refractivity contribution in [2.24, 2.45) is 0 Å². The molecule has 1 amide bonds. The summed E-state index contributed by atoms with van der Waals surface area (Å²) in [6.07, 6.45) is 0. The van der Waals surface area contributed by atoms with E-state index in [9.17, 15) is 9.59 Å². The molecule has 18 heavy (non-hydrogen) atoms. The normalized spacial score (nSPS) is 10.6. The second-order valence-electron chi connectivity index (χ2n) is 3.72. The minimum Gasteiger partial charge on any atom is -0.322 e. The second kappa shape index (κ2) is 5.27. The Labute approximate surface area is 122 Å². The standard InChI is InChI=1S/C12H10ClIN2O2/c1-7(17)16-9-5-3-2-4-8(9)11(12(16)13)15-10(18)6-14/h2-5H,6H2,1H3,(H,15,18). The van der Waals surface area contributed by atoms with E-state index in [0.717, 1.165) is 5.39 Å². The van der Waals surface area contributed by atoms with Crippen molar-refractivity contribution in [1.82, 2.24) is 4.57 Å². The first kappa shape index (κ1) is 13.4. The molecule has 0 unspecified atom stereocenters. The molecule has 0 bridgehead atoms. The van der Waals surface area contributed by atoms with Crippen LogP contribution in [-0.2, 0) is 4.79 Å². The zero-order chi connectivity index (χ0) is 13.3. The number of fused-ring (bicyclic) bond motifs is 1. The number of nitrogens with zero attached hydrogens (tertiary/aromatic N) is 1. The quantitative estimate of drug-likeness (QED) is 0.646. The Morgan fingerprint density at radius 3 is 2.67 bits per heavy atom. The summed E-state index contributed by atoms with van der Waals surface area (Å²) in [4.78, 5) is 23.1. The Hall–Kier alpha value is -1.08. The summed E-state index contributed by atoms with van der Waals surface area (Å²) in [6, 6.07) is 7.27. The van der Waals surface area contributed by atoms with E-state index in [-0.39, 0.29) is 17.0 Å². The molecule has 0 aliphatic heterocycles. The van der Waals surface area contributed by atoms with Crippen molar-refractivity contribution in [1.29, 1.82) is 0 Å². The first-order valence-electron chi connectivity index (χ1n) is 5.22. The molecular formula is C12H10ClIN2O2. The summed E-state index contributed by atoms with van der Waals surface area (Å²) in [6.45, 7) is 1.43. The van der Waals surface area contributed by atoms with Gasteiger partial charge in [0.15, 0.2) is 0 Å². The second-order valence-corrected chi connectivity index (χ2v) is 4.84. The SMILES string of the molecule is CC(=O)n1c(Cl)c(NC(=O)CI)c2ccccc21. The van der Waals surface area contributed by atoms with E-state index in [1.807, 2.05) is 40.8 Å². The fourth-order valence-electron chi connectivity index (χ4n) is 1.81. The first-order valence-corrected chi connectivity index (χ1v) is 7.12. The van der Waals surface area contributed by atoms with E-state index >= 15 is 0 Å². The van der Waals surface area contributed by atoms with Gasteiger partial charge < -0.3 is 5.32 Å². The highest BCUT2D eigenvalue weighted by Crippen LogP contribution is 2.34. The molecule has 0 spiro atoms. The maximum Gasteiger partial charge on any atom is 0.234 e. The molecular weight excluding hydrogens is 367 g/mol. The molecule has 1 aromatic heterocycles. The van der Waals surface area contributed by atoms with Gasteiger partial charge in [0.2, 0.25) is 11.8 Å². The molecule has 4 nitrogen and oxygen atoms in total. The van der Waals surface area contributed by atoms with Crippen LogP contribution in [-0.4, -0.2) is 20.8 Å². The summed E-state index contributed by atoms with van der Waals surface area (Å²) in [5, 5.41) is 3.72. The third-order valence-corrected chi connectivity index (χ3v) is 3.57. The number of hydrogen-bond donors (Lipinski definition) is 1. The summed E-state index contributed by atoms with van der Waals surface area (Å²) in [5.74, 6) is -0.338.